The molecule has 1 aromatic rings. The minimum Gasteiger partial charge on any atom is -0.352 e. The van der Waals surface area contributed by atoms with Gasteiger partial charge in [-0.2, -0.15) is 0 Å². The van der Waals surface area contributed by atoms with Crippen LogP contribution in [0.15, 0.2) is 23.4 Å². The average molecular weight is 304 g/mol. The van der Waals surface area contributed by atoms with E-state index in [1.54, 1.807) is 17.1 Å². The normalized spacial score (nSPS) is 24.2. The molecule has 0 radical (unpaired) electrons. The number of nitrogens with one attached hydrogen (secondary N) is 1. The highest BCUT2D eigenvalue weighted by Crippen LogP contribution is 2.20. The van der Waals surface area contributed by atoms with Gasteiger partial charge in [-0.05, 0) is 44.7 Å². The van der Waals surface area contributed by atoms with E-state index < -0.39 is 0 Å². The molecule has 2 saturated heterocycles. The zero-order valence-corrected chi connectivity index (χ0v) is 12.9. The predicted molar refractivity (Wildman–Crippen MR) is 83.4 cm³/mol. The summed E-state index contributed by atoms with van der Waals surface area (Å²) >= 11 is 0. The van der Waals surface area contributed by atoms with Gasteiger partial charge in [-0.25, -0.2) is 4.98 Å². The Morgan fingerprint density at radius 1 is 1.18 bits per heavy atom. The lowest BCUT2D eigenvalue weighted by atomic mass is 9.95. The van der Waals surface area contributed by atoms with Crippen LogP contribution in [0.4, 0.5) is 0 Å². The number of hydrogen-bond donors (Lipinski definition) is 1. The third-order valence-electron chi connectivity index (χ3n) is 4.75. The molecule has 1 aromatic heterocycles. The predicted octanol–water partition coefficient (Wildman–Crippen LogP) is 0.624. The van der Waals surface area contributed by atoms with Crippen molar-refractivity contribution in [2.24, 2.45) is 5.92 Å². The Balaban J connectivity index is 1.45. The molecule has 2 fully saturated rings. The average Bonchev–Trinajstić information content (AvgIpc) is 2.52. The maximum absolute atomic E-state index is 11.7. The summed E-state index contributed by atoms with van der Waals surface area (Å²) in [5, 5.41) is 3.09. The molecule has 2 aliphatic rings. The third kappa shape index (κ3) is 3.94. The Hall–Kier alpha value is -1.69. The fourth-order valence-electron chi connectivity index (χ4n) is 3.47. The summed E-state index contributed by atoms with van der Waals surface area (Å²) in [7, 11) is 0. The van der Waals surface area contributed by atoms with Crippen molar-refractivity contribution in [2.45, 2.75) is 44.7 Å². The molecule has 120 valence electrons. The van der Waals surface area contributed by atoms with E-state index in [-0.39, 0.29) is 11.5 Å². The van der Waals surface area contributed by atoms with Crippen LogP contribution in [0, 0.1) is 5.92 Å². The molecule has 0 aromatic carbocycles. The van der Waals surface area contributed by atoms with Crippen LogP contribution >= 0.6 is 0 Å². The van der Waals surface area contributed by atoms with Crippen LogP contribution in [0.5, 0.6) is 0 Å². The molecule has 1 amide bonds. The van der Waals surface area contributed by atoms with Crippen molar-refractivity contribution >= 4 is 5.91 Å². The van der Waals surface area contributed by atoms with Crippen LogP contribution in [0.1, 0.15) is 32.1 Å². The number of amides is 1. The van der Waals surface area contributed by atoms with Crippen LogP contribution in [0.3, 0.4) is 0 Å². The smallest absolute Gasteiger partial charge is 0.253 e. The molecule has 0 spiro atoms. The number of rotatable bonds is 4. The molecular formula is C16H24N4O2. The van der Waals surface area contributed by atoms with Gasteiger partial charge in [0.1, 0.15) is 0 Å². The second-order valence-electron chi connectivity index (χ2n) is 6.47. The van der Waals surface area contributed by atoms with E-state index in [1.165, 1.54) is 6.07 Å². The second kappa shape index (κ2) is 7.05. The van der Waals surface area contributed by atoms with Crippen molar-refractivity contribution in [2.75, 3.05) is 19.6 Å². The molecule has 6 heteroatoms. The number of nitrogens with zero attached hydrogens (tertiary/aromatic N) is 3. The van der Waals surface area contributed by atoms with Crippen molar-refractivity contribution < 1.29 is 4.79 Å². The maximum atomic E-state index is 11.7. The maximum Gasteiger partial charge on any atom is 0.253 e. The van der Waals surface area contributed by atoms with Crippen molar-refractivity contribution in [3.63, 3.8) is 0 Å². The monoisotopic (exact) mass is 304 g/mol. The highest BCUT2D eigenvalue weighted by molar-refractivity contribution is 5.76. The van der Waals surface area contributed by atoms with Crippen LogP contribution in [-0.4, -0.2) is 46.0 Å². The molecule has 0 aliphatic carbocycles. The van der Waals surface area contributed by atoms with E-state index in [9.17, 15) is 9.59 Å². The first-order valence-electron chi connectivity index (χ1n) is 8.23. The molecule has 1 N–H and O–H groups in total. The highest BCUT2D eigenvalue weighted by atomic mass is 16.1. The van der Waals surface area contributed by atoms with Gasteiger partial charge in [-0.1, -0.05) is 0 Å². The van der Waals surface area contributed by atoms with Crippen molar-refractivity contribution in [3.8, 4) is 0 Å². The lowest BCUT2D eigenvalue weighted by Gasteiger charge is -2.35. The van der Waals surface area contributed by atoms with Gasteiger partial charge < -0.3 is 10.2 Å². The lowest BCUT2D eigenvalue weighted by Crippen LogP contribution is -2.48. The molecule has 1 atom stereocenters. The summed E-state index contributed by atoms with van der Waals surface area (Å²) in [6.45, 7) is 3.82. The molecule has 3 heterocycles. The second-order valence-corrected chi connectivity index (χ2v) is 6.47. The number of aromatic nitrogens is 2. The van der Waals surface area contributed by atoms with E-state index in [2.05, 4.69) is 15.2 Å². The minimum atomic E-state index is 0.0300. The zero-order valence-electron chi connectivity index (χ0n) is 12.9. The molecule has 1 unspecified atom stereocenters. The summed E-state index contributed by atoms with van der Waals surface area (Å²) in [4.78, 5) is 29.6. The molecule has 0 bridgehead atoms. The molecule has 22 heavy (non-hydrogen) atoms. The van der Waals surface area contributed by atoms with Gasteiger partial charge >= 0.3 is 0 Å². The van der Waals surface area contributed by atoms with Gasteiger partial charge in [-0.15, -0.1) is 0 Å². The van der Waals surface area contributed by atoms with E-state index in [1.807, 2.05) is 0 Å². The largest absolute Gasteiger partial charge is 0.352 e. The number of carbonyl (C=O) groups is 1. The first-order chi connectivity index (χ1) is 10.7. The fourth-order valence-corrected chi connectivity index (χ4v) is 3.47. The highest BCUT2D eigenvalue weighted by Gasteiger charge is 2.24. The minimum absolute atomic E-state index is 0.0300. The summed E-state index contributed by atoms with van der Waals surface area (Å²) in [6, 6.07) is 1.83. The lowest BCUT2D eigenvalue weighted by molar-refractivity contribution is -0.123. The van der Waals surface area contributed by atoms with Gasteiger partial charge in [0, 0.05) is 37.8 Å². The van der Waals surface area contributed by atoms with Crippen molar-refractivity contribution in [1.82, 2.24) is 19.8 Å². The van der Waals surface area contributed by atoms with E-state index >= 15 is 0 Å². The van der Waals surface area contributed by atoms with Crippen LogP contribution in [0.2, 0.25) is 0 Å². The summed E-state index contributed by atoms with van der Waals surface area (Å²) in [6.07, 6.45) is 8.16. The van der Waals surface area contributed by atoms with E-state index in [0.717, 1.165) is 51.9 Å². The number of piperidine rings is 2. The van der Waals surface area contributed by atoms with Crippen molar-refractivity contribution in [3.05, 3.63) is 28.9 Å². The SMILES string of the molecule is O=C1CCCC(CN2CCC(Cn3cnccc3=O)CC2)N1. The van der Waals surface area contributed by atoms with Crippen LogP contribution in [0.25, 0.3) is 0 Å². The molecule has 2 aliphatic heterocycles. The van der Waals surface area contributed by atoms with Crippen LogP contribution < -0.4 is 10.9 Å². The third-order valence-corrected chi connectivity index (χ3v) is 4.75. The number of likely N-dealkylation sites (tertiary alicyclic amines) is 1. The Kier molecular flexibility index (Phi) is 4.87. The molecule has 0 saturated carbocycles. The first-order valence-corrected chi connectivity index (χ1v) is 8.23. The first kappa shape index (κ1) is 15.2. The van der Waals surface area contributed by atoms with E-state index in [0.29, 0.717) is 18.4 Å². The van der Waals surface area contributed by atoms with Crippen LogP contribution in [-0.2, 0) is 11.3 Å². The number of hydrogen-bond acceptors (Lipinski definition) is 4. The Morgan fingerprint density at radius 2 is 2.00 bits per heavy atom. The fraction of sp³-hybridized carbons (Fsp3) is 0.688. The summed E-state index contributed by atoms with van der Waals surface area (Å²) < 4.78 is 1.71. The van der Waals surface area contributed by atoms with Gasteiger partial charge in [0.15, 0.2) is 0 Å². The zero-order chi connectivity index (χ0) is 15.4. The molecule has 3 rings (SSSR count). The molecule has 6 nitrogen and oxygen atoms in total. The standard InChI is InChI=1S/C16H24N4O2/c21-15-3-1-2-14(18-15)11-19-8-5-13(6-9-19)10-20-12-17-7-4-16(20)22/h4,7,12-14H,1-3,5-6,8-11H2,(H,18,21). The molecular weight excluding hydrogens is 280 g/mol. The van der Waals surface area contributed by atoms with Gasteiger partial charge in [0.05, 0.1) is 6.33 Å². The topological polar surface area (TPSA) is 67.2 Å². The quantitative estimate of drug-likeness (QED) is 0.886. The van der Waals surface area contributed by atoms with Crippen molar-refractivity contribution in [1.29, 1.82) is 0 Å². The Labute approximate surface area is 130 Å². The van der Waals surface area contributed by atoms with Gasteiger partial charge in [0.25, 0.3) is 5.56 Å². The summed E-state index contributed by atoms with van der Waals surface area (Å²) in [5.41, 5.74) is 0.0300. The number of carbonyl (C=O) groups excluding carboxylic acids is 1. The van der Waals surface area contributed by atoms with Gasteiger partial charge in [0.2, 0.25) is 5.91 Å². The Bertz CT molecular complexity index is 563. The van der Waals surface area contributed by atoms with Gasteiger partial charge in [-0.3, -0.25) is 14.2 Å². The Morgan fingerprint density at radius 3 is 2.73 bits per heavy atom. The summed E-state index contributed by atoms with van der Waals surface area (Å²) in [5.74, 6) is 0.737. The van der Waals surface area contributed by atoms with E-state index in [4.69, 9.17) is 0 Å².